The molecule has 7 heteroatoms. The maximum Gasteiger partial charge on any atom is 0.326 e. The molecular weight excluding hydrogens is 326 g/mol. The van der Waals surface area contributed by atoms with Crippen molar-refractivity contribution < 1.29 is 28.9 Å². The van der Waals surface area contributed by atoms with E-state index in [2.05, 4.69) is 5.32 Å². The average Bonchev–Trinajstić information content (AvgIpc) is 2.62. The van der Waals surface area contributed by atoms with Crippen LogP contribution in [0.3, 0.4) is 0 Å². The number of aryl methyl sites for hydroxylation is 1. The molecule has 0 aliphatic rings. The Bertz CT molecular complexity index is 601. The van der Waals surface area contributed by atoms with E-state index in [9.17, 15) is 14.7 Å². The number of benzene rings is 1. The Kier molecular flexibility index (Phi) is 8.04. The molecule has 1 aromatic carbocycles. The van der Waals surface area contributed by atoms with E-state index in [0.717, 1.165) is 5.56 Å². The molecule has 0 fully saturated rings. The van der Waals surface area contributed by atoms with Crippen molar-refractivity contribution in [2.75, 3.05) is 21.3 Å². The van der Waals surface area contributed by atoms with E-state index >= 15 is 0 Å². The first-order valence-electron chi connectivity index (χ1n) is 8.19. The molecule has 0 spiro atoms. The van der Waals surface area contributed by atoms with Gasteiger partial charge in [0.1, 0.15) is 6.04 Å². The second-order valence-corrected chi connectivity index (χ2v) is 5.76. The molecule has 0 radical (unpaired) electrons. The second kappa shape index (κ2) is 9.76. The number of hydrogen-bond donors (Lipinski definition) is 2. The number of ether oxygens (including phenoxy) is 3. The van der Waals surface area contributed by atoms with Crippen molar-refractivity contribution in [2.24, 2.45) is 5.92 Å². The SMILES string of the molecule is CC[C@H](C)[C@H](NC(=O)CCc1ccc(OC)c(OC)c1OC)C(=O)O. The molecule has 0 saturated heterocycles. The van der Waals surface area contributed by atoms with Gasteiger partial charge in [-0.3, -0.25) is 4.79 Å². The molecule has 2 atom stereocenters. The number of carbonyl (C=O) groups is 2. The number of amides is 1. The van der Waals surface area contributed by atoms with E-state index in [1.165, 1.54) is 21.3 Å². The lowest BCUT2D eigenvalue weighted by Crippen LogP contribution is -2.45. The van der Waals surface area contributed by atoms with Crippen LogP contribution in [0.5, 0.6) is 17.2 Å². The number of hydrogen-bond acceptors (Lipinski definition) is 5. The summed E-state index contributed by atoms with van der Waals surface area (Å²) in [7, 11) is 4.57. The van der Waals surface area contributed by atoms with Gasteiger partial charge in [-0.05, 0) is 24.0 Å². The fraction of sp³-hybridized carbons (Fsp3) is 0.556. The Morgan fingerprint density at radius 1 is 1.12 bits per heavy atom. The van der Waals surface area contributed by atoms with Crippen molar-refractivity contribution in [1.82, 2.24) is 5.32 Å². The van der Waals surface area contributed by atoms with Gasteiger partial charge in [-0.15, -0.1) is 0 Å². The zero-order valence-electron chi connectivity index (χ0n) is 15.4. The topological polar surface area (TPSA) is 94.1 Å². The predicted octanol–water partition coefficient (Wildman–Crippen LogP) is 2.26. The van der Waals surface area contributed by atoms with Crippen LogP contribution in [0.25, 0.3) is 0 Å². The minimum atomic E-state index is -1.02. The van der Waals surface area contributed by atoms with Gasteiger partial charge in [-0.2, -0.15) is 0 Å². The summed E-state index contributed by atoms with van der Waals surface area (Å²) in [6.07, 6.45) is 1.20. The molecule has 0 saturated carbocycles. The zero-order valence-corrected chi connectivity index (χ0v) is 15.4. The monoisotopic (exact) mass is 353 g/mol. The molecular formula is C18H27NO6. The van der Waals surface area contributed by atoms with Crippen molar-refractivity contribution >= 4 is 11.9 Å². The molecule has 1 amide bonds. The standard InChI is InChI=1S/C18H27NO6/c1-6-11(2)15(18(21)22)19-14(20)10-8-12-7-9-13(23-3)17(25-5)16(12)24-4/h7,9,11,15H,6,8,10H2,1-5H3,(H,19,20)(H,21,22)/t11-,15-/m0/s1. The summed E-state index contributed by atoms with van der Waals surface area (Å²) in [4.78, 5) is 23.5. The molecule has 0 aliphatic heterocycles. The largest absolute Gasteiger partial charge is 0.493 e. The number of aliphatic carboxylic acids is 1. The summed E-state index contributed by atoms with van der Waals surface area (Å²) >= 11 is 0. The van der Waals surface area contributed by atoms with Crippen LogP contribution in [0, 0.1) is 5.92 Å². The fourth-order valence-corrected chi connectivity index (χ4v) is 2.54. The van der Waals surface area contributed by atoms with Crippen molar-refractivity contribution in [3.05, 3.63) is 17.7 Å². The van der Waals surface area contributed by atoms with Gasteiger partial charge in [0, 0.05) is 6.42 Å². The van der Waals surface area contributed by atoms with E-state index in [-0.39, 0.29) is 18.2 Å². The molecule has 0 unspecified atom stereocenters. The number of carbonyl (C=O) groups excluding carboxylic acids is 1. The highest BCUT2D eigenvalue weighted by Gasteiger charge is 2.25. The average molecular weight is 353 g/mol. The van der Waals surface area contributed by atoms with E-state index in [1.54, 1.807) is 19.1 Å². The second-order valence-electron chi connectivity index (χ2n) is 5.76. The third kappa shape index (κ3) is 5.27. The van der Waals surface area contributed by atoms with Gasteiger partial charge in [0.05, 0.1) is 21.3 Å². The molecule has 0 heterocycles. The fourth-order valence-electron chi connectivity index (χ4n) is 2.54. The lowest BCUT2D eigenvalue weighted by molar-refractivity contribution is -0.143. The Morgan fingerprint density at radius 2 is 1.76 bits per heavy atom. The van der Waals surface area contributed by atoms with Crippen molar-refractivity contribution in [3.63, 3.8) is 0 Å². The minimum absolute atomic E-state index is 0.142. The van der Waals surface area contributed by atoms with Gasteiger partial charge >= 0.3 is 5.97 Å². The molecule has 0 aliphatic carbocycles. The van der Waals surface area contributed by atoms with Crippen molar-refractivity contribution in [3.8, 4) is 17.2 Å². The number of rotatable bonds is 10. The maximum atomic E-state index is 12.2. The smallest absolute Gasteiger partial charge is 0.326 e. The van der Waals surface area contributed by atoms with Crippen molar-refractivity contribution in [2.45, 2.75) is 39.2 Å². The molecule has 7 nitrogen and oxygen atoms in total. The zero-order chi connectivity index (χ0) is 19.0. The van der Waals surface area contributed by atoms with Crippen LogP contribution in [0.1, 0.15) is 32.3 Å². The Labute approximate surface area is 148 Å². The molecule has 0 bridgehead atoms. The van der Waals surface area contributed by atoms with Gasteiger partial charge < -0.3 is 24.6 Å². The predicted molar refractivity (Wildman–Crippen MR) is 93.4 cm³/mol. The van der Waals surface area contributed by atoms with Crippen LogP contribution in [0.4, 0.5) is 0 Å². The van der Waals surface area contributed by atoms with Crippen LogP contribution in [-0.2, 0) is 16.0 Å². The highest BCUT2D eigenvalue weighted by atomic mass is 16.5. The quantitative estimate of drug-likeness (QED) is 0.670. The lowest BCUT2D eigenvalue weighted by atomic mass is 9.99. The van der Waals surface area contributed by atoms with Gasteiger partial charge in [0.25, 0.3) is 0 Å². The summed E-state index contributed by atoms with van der Waals surface area (Å²) in [6, 6.07) is 2.66. The Morgan fingerprint density at radius 3 is 2.24 bits per heavy atom. The highest BCUT2D eigenvalue weighted by Crippen LogP contribution is 2.40. The summed E-state index contributed by atoms with van der Waals surface area (Å²) < 4.78 is 15.9. The van der Waals surface area contributed by atoms with Gasteiger partial charge in [0.2, 0.25) is 11.7 Å². The normalized spacial score (nSPS) is 12.8. The summed E-state index contributed by atoms with van der Waals surface area (Å²) in [5.41, 5.74) is 0.783. The van der Waals surface area contributed by atoms with Crippen LogP contribution in [0.15, 0.2) is 12.1 Å². The number of nitrogens with one attached hydrogen (secondary N) is 1. The Balaban J connectivity index is 2.83. The number of carboxylic acid groups (broad SMARTS) is 1. The molecule has 140 valence electrons. The molecule has 1 aromatic rings. The van der Waals surface area contributed by atoms with Crippen LogP contribution in [-0.4, -0.2) is 44.4 Å². The molecule has 2 N–H and O–H groups in total. The van der Waals surface area contributed by atoms with Crippen molar-refractivity contribution in [1.29, 1.82) is 0 Å². The minimum Gasteiger partial charge on any atom is -0.493 e. The van der Waals surface area contributed by atoms with Crippen LogP contribution < -0.4 is 19.5 Å². The number of carboxylic acids is 1. The summed E-state index contributed by atoms with van der Waals surface area (Å²) in [6.45, 7) is 3.69. The lowest BCUT2D eigenvalue weighted by Gasteiger charge is -2.20. The van der Waals surface area contributed by atoms with E-state index in [1.807, 2.05) is 6.92 Å². The summed E-state index contributed by atoms with van der Waals surface area (Å²) in [5.74, 6) is 0.0283. The van der Waals surface area contributed by atoms with Gasteiger partial charge in [-0.1, -0.05) is 26.3 Å². The summed E-state index contributed by atoms with van der Waals surface area (Å²) in [5, 5.41) is 11.8. The van der Waals surface area contributed by atoms with E-state index in [0.29, 0.717) is 30.1 Å². The van der Waals surface area contributed by atoms with Gasteiger partial charge in [0.15, 0.2) is 11.5 Å². The van der Waals surface area contributed by atoms with Gasteiger partial charge in [-0.25, -0.2) is 4.79 Å². The first-order valence-corrected chi connectivity index (χ1v) is 8.19. The molecule has 0 aromatic heterocycles. The van der Waals surface area contributed by atoms with E-state index in [4.69, 9.17) is 14.2 Å². The van der Waals surface area contributed by atoms with Crippen LogP contribution >= 0.6 is 0 Å². The molecule has 1 rings (SSSR count). The maximum absolute atomic E-state index is 12.2. The van der Waals surface area contributed by atoms with E-state index < -0.39 is 12.0 Å². The molecule has 25 heavy (non-hydrogen) atoms. The Hall–Kier alpha value is -2.44. The first-order chi connectivity index (χ1) is 11.9. The van der Waals surface area contributed by atoms with Crippen LogP contribution in [0.2, 0.25) is 0 Å². The number of methoxy groups -OCH3 is 3. The third-order valence-electron chi connectivity index (χ3n) is 4.20. The third-order valence-corrected chi connectivity index (χ3v) is 4.20. The first kappa shape index (κ1) is 20.6. The highest BCUT2D eigenvalue weighted by molar-refractivity contribution is 5.83.